The van der Waals surface area contributed by atoms with E-state index in [-0.39, 0.29) is 11.9 Å². The topological polar surface area (TPSA) is 77.3 Å². The quantitative estimate of drug-likeness (QED) is 0.437. The fraction of sp³-hybridized carbons (Fsp3) is 0.185. The van der Waals surface area contributed by atoms with Crippen molar-refractivity contribution in [3.05, 3.63) is 102 Å². The largest absolute Gasteiger partial charge is 0.450 e. The number of piperidine rings is 1. The first-order valence-electron chi connectivity index (χ1n) is 11.3. The van der Waals surface area contributed by atoms with Crippen LogP contribution in [0.4, 0.5) is 0 Å². The number of carbonyl (C=O) groups excluding carboxylic acids is 2. The highest BCUT2D eigenvalue weighted by Gasteiger charge is 2.47. The van der Waals surface area contributed by atoms with Crippen molar-refractivity contribution in [2.45, 2.75) is 18.4 Å². The lowest BCUT2D eigenvalue weighted by Gasteiger charge is -2.38. The second-order valence-corrected chi connectivity index (χ2v) is 8.62. The maximum Gasteiger partial charge on any atom is 0.339 e. The molecule has 0 aliphatic carbocycles. The smallest absolute Gasteiger partial charge is 0.339 e. The first kappa shape index (κ1) is 20.4. The van der Waals surface area contributed by atoms with Crippen molar-refractivity contribution >= 4 is 11.9 Å². The molecule has 34 heavy (non-hydrogen) atoms. The van der Waals surface area contributed by atoms with Crippen LogP contribution in [0.1, 0.15) is 39.3 Å². The summed E-state index contributed by atoms with van der Waals surface area (Å²) in [4.78, 5) is 31.7. The molecule has 0 atom stereocenters. The fourth-order valence-electron chi connectivity index (χ4n) is 4.93. The van der Waals surface area contributed by atoms with Crippen molar-refractivity contribution in [2.24, 2.45) is 0 Å². The highest BCUT2D eigenvalue weighted by molar-refractivity contribution is 5.95. The van der Waals surface area contributed by atoms with Crippen LogP contribution in [0, 0.1) is 0 Å². The second kappa shape index (κ2) is 7.95. The molecule has 1 amide bonds. The predicted molar refractivity (Wildman–Crippen MR) is 125 cm³/mol. The number of hydrogen-bond acceptors (Lipinski definition) is 5. The Labute approximate surface area is 196 Å². The summed E-state index contributed by atoms with van der Waals surface area (Å²) in [5.74, 6) is -0.406. The molecule has 6 rings (SSSR count). The Hall–Kier alpha value is -4.26. The minimum Gasteiger partial charge on any atom is -0.450 e. The molecule has 2 aromatic carbocycles. The highest BCUT2D eigenvalue weighted by Crippen LogP contribution is 2.44. The van der Waals surface area contributed by atoms with E-state index < -0.39 is 5.60 Å². The molecule has 4 heterocycles. The summed E-state index contributed by atoms with van der Waals surface area (Å²) in [6.45, 7) is 0.979. The van der Waals surface area contributed by atoms with E-state index in [4.69, 9.17) is 4.74 Å². The van der Waals surface area contributed by atoms with E-state index in [1.165, 1.54) is 0 Å². The van der Waals surface area contributed by atoms with Crippen LogP contribution >= 0.6 is 0 Å². The molecule has 7 nitrogen and oxygen atoms in total. The molecule has 2 aromatic heterocycles. The van der Waals surface area contributed by atoms with Gasteiger partial charge in [-0.25, -0.2) is 9.48 Å². The summed E-state index contributed by atoms with van der Waals surface area (Å²) in [6, 6.07) is 22.9. The zero-order valence-corrected chi connectivity index (χ0v) is 18.4. The summed E-state index contributed by atoms with van der Waals surface area (Å²) in [5.41, 5.74) is 3.93. The van der Waals surface area contributed by atoms with Crippen LogP contribution in [-0.2, 0) is 10.3 Å². The molecule has 0 N–H and O–H groups in total. The summed E-state index contributed by atoms with van der Waals surface area (Å²) in [5, 5.41) is 4.69. The van der Waals surface area contributed by atoms with E-state index in [9.17, 15) is 9.59 Å². The van der Waals surface area contributed by atoms with Gasteiger partial charge in [-0.2, -0.15) is 5.10 Å². The van der Waals surface area contributed by atoms with Crippen LogP contribution in [0.15, 0.2) is 85.2 Å². The SMILES string of the molecule is O=C1OC2(CCN(C(=O)c3cc(-c4ccncc4)n(-c4ccccc4)n3)CC2)c2ccccc21. The van der Waals surface area contributed by atoms with Crippen molar-refractivity contribution in [1.82, 2.24) is 19.7 Å². The van der Waals surface area contributed by atoms with Crippen LogP contribution < -0.4 is 0 Å². The number of nitrogens with zero attached hydrogens (tertiary/aromatic N) is 4. The summed E-state index contributed by atoms with van der Waals surface area (Å²) in [7, 11) is 0. The number of rotatable bonds is 3. The molecule has 168 valence electrons. The Morgan fingerprint density at radius 2 is 1.62 bits per heavy atom. The van der Waals surface area contributed by atoms with Crippen LogP contribution in [0.3, 0.4) is 0 Å². The fourth-order valence-corrected chi connectivity index (χ4v) is 4.93. The molecule has 0 bridgehead atoms. The van der Waals surface area contributed by atoms with Gasteiger partial charge in [0.15, 0.2) is 5.69 Å². The molecule has 2 aliphatic rings. The van der Waals surface area contributed by atoms with Gasteiger partial charge in [0.25, 0.3) is 5.91 Å². The number of ether oxygens (including phenoxy) is 1. The number of hydrogen-bond donors (Lipinski definition) is 0. The number of benzene rings is 2. The van der Waals surface area contributed by atoms with Crippen molar-refractivity contribution < 1.29 is 14.3 Å². The number of fused-ring (bicyclic) bond motifs is 2. The van der Waals surface area contributed by atoms with Crippen molar-refractivity contribution in [2.75, 3.05) is 13.1 Å². The lowest BCUT2D eigenvalue weighted by Crippen LogP contribution is -2.45. The van der Waals surface area contributed by atoms with Crippen LogP contribution in [0.2, 0.25) is 0 Å². The van der Waals surface area contributed by atoms with E-state index in [0.717, 1.165) is 22.5 Å². The molecule has 2 aliphatic heterocycles. The van der Waals surface area contributed by atoms with Crippen molar-refractivity contribution in [3.63, 3.8) is 0 Å². The average molecular weight is 450 g/mol. The van der Waals surface area contributed by atoms with Gasteiger partial charge in [-0.3, -0.25) is 9.78 Å². The van der Waals surface area contributed by atoms with Gasteiger partial charge < -0.3 is 9.64 Å². The van der Waals surface area contributed by atoms with Gasteiger partial charge in [-0.15, -0.1) is 0 Å². The molecule has 0 saturated carbocycles. The zero-order valence-electron chi connectivity index (χ0n) is 18.4. The first-order valence-corrected chi connectivity index (χ1v) is 11.3. The number of amides is 1. The Kier molecular flexibility index (Phi) is 4.76. The maximum absolute atomic E-state index is 13.5. The number of aromatic nitrogens is 3. The summed E-state index contributed by atoms with van der Waals surface area (Å²) in [6.07, 6.45) is 4.59. The van der Waals surface area contributed by atoms with Gasteiger partial charge in [0.2, 0.25) is 0 Å². The zero-order chi connectivity index (χ0) is 23.1. The molecule has 7 heteroatoms. The van der Waals surface area contributed by atoms with Crippen molar-refractivity contribution in [3.8, 4) is 16.9 Å². The monoisotopic (exact) mass is 450 g/mol. The first-order chi connectivity index (χ1) is 16.6. The van der Waals surface area contributed by atoms with E-state index in [0.29, 0.717) is 37.2 Å². The number of pyridine rings is 1. The van der Waals surface area contributed by atoms with Gasteiger partial charge >= 0.3 is 5.97 Å². The molecule has 0 radical (unpaired) electrons. The second-order valence-electron chi connectivity index (χ2n) is 8.62. The summed E-state index contributed by atoms with van der Waals surface area (Å²) < 4.78 is 7.63. The molecular weight excluding hydrogens is 428 g/mol. The molecular formula is C27H22N4O3. The Balaban J connectivity index is 1.29. The number of carbonyl (C=O) groups is 2. The van der Waals surface area contributed by atoms with Crippen LogP contribution in [0.5, 0.6) is 0 Å². The van der Waals surface area contributed by atoms with Gasteiger partial charge in [0.05, 0.1) is 16.9 Å². The molecule has 1 saturated heterocycles. The van der Waals surface area contributed by atoms with Crippen LogP contribution in [-0.4, -0.2) is 44.6 Å². The lowest BCUT2D eigenvalue weighted by atomic mass is 9.83. The summed E-state index contributed by atoms with van der Waals surface area (Å²) >= 11 is 0. The maximum atomic E-state index is 13.5. The van der Waals surface area contributed by atoms with Crippen LogP contribution in [0.25, 0.3) is 16.9 Å². The van der Waals surface area contributed by atoms with E-state index in [1.807, 2.05) is 66.7 Å². The number of esters is 1. The number of likely N-dealkylation sites (tertiary alicyclic amines) is 1. The molecule has 1 fully saturated rings. The normalized spacial score (nSPS) is 16.4. The number of para-hydroxylation sites is 1. The van der Waals surface area contributed by atoms with Gasteiger partial charge in [-0.05, 0) is 36.4 Å². The van der Waals surface area contributed by atoms with E-state index in [2.05, 4.69) is 10.1 Å². The van der Waals surface area contributed by atoms with Gasteiger partial charge in [-0.1, -0.05) is 36.4 Å². The standard InChI is InChI=1S/C27H22N4O3/c32-25(30-16-12-27(13-17-30)22-9-5-4-8-21(22)26(33)34-27)23-18-24(19-10-14-28-15-11-19)31(29-23)20-6-2-1-3-7-20/h1-11,14-15,18H,12-13,16-17H2. The third-order valence-corrected chi connectivity index (χ3v) is 6.69. The molecule has 1 spiro atoms. The minimum atomic E-state index is -0.643. The highest BCUT2D eigenvalue weighted by atomic mass is 16.6. The predicted octanol–water partition coefficient (Wildman–Crippen LogP) is 4.24. The van der Waals surface area contributed by atoms with Gasteiger partial charge in [0, 0.05) is 49.5 Å². The molecule has 0 unspecified atom stereocenters. The Morgan fingerprint density at radius 3 is 2.38 bits per heavy atom. The van der Waals surface area contributed by atoms with Crippen molar-refractivity contribution in [1.29, 1.82) is 0 Å². The molecule has 4 aromatic rings. The Morgan fingerprint density at radius 1 is 0.912 bits per heavy atom. The minimum absolute atomic E-state index is 0.127. The third kappa shape index (κ3) is 3.28. The van der Waals surface area contributed by atoms with E-state index >= 15 is 0 Å². The Bertz CT molecular complexity index is 1320. The van der Waals surface area contributed by atoms with E-state index in [1.54, 1.807) is 28.0 Å². The van der Waals surface area contributed by atoms with Gasteiger partial charge in [0.1, 0.15) is 5.60 Å². The average Bonchev–Trinajstić information content (AvgIpc) is 3.46. The third-order valence-electron chi connectivity index (χ3n) is 6.69. The lowest BCUT2D eigenvalue weighted by molar-refractivity contribution is -0.0390.